The van der Waals surface area contributed by atoms with Crippen LogP contribution in [0.5, 0.6) is 0 Å². The molecule has 0 bridgehead atoms. The van der Waals surface area contributed by atoms with Crippen molar-refractivity contribution < 1.29 is 30.4 Å². The molecule has 0 saturated heterocycles. The smallest absolute Gasteiger partial charge is 0.359 e. The van der Waals surface area contributed by atoms with Gasteiger partial charge in [-0.05, 0) is 12.1 Å². The fraction of sp³-hybridized carbons (Fsp3) is 0.0714. The molecule has 0 unspecified atom stereocenters. The number of H-pyrrole nitrogens is 1. The van der Waals surface area contributed by atoms with Gasteiger partial charge in [0, 0.05) is 17.6 Å². The third-order valence-electron chi connectivity index (χ3n) is 3.28. The molecule has 138 valence electrons. The molecule has 2 N–H and O–H groups in total. The lowest BCUT2D eigenvalue weighted by atomic mass is 10.2. The van der Waals surface area contributed by atoms with Crippen LogP contribution in [-0.2, 0) is 16.2 Å². The van der Waals surface area contributed by atoms with Crippen LogP contribution in [0.25, 0.3) is 11.4 Å². The number of hydrogen-bond donors (Lipinski definition) is 2. The molecule has 0 radical (unpaired) electrons. The zero-order valence-electron chi connectivity index (χ0n) is 12.4. The van der Waals surface area contributed by atoms with Crippen LogP contribution in [0.15, 0.2) is 40.2 Å². The summed E-state index contributed by atoms with van der Waals surface area (Å²) in [5, 5.41) is 1.65. The summed E-state index contributed by atoms with van der Waals surface area (Å²) in [7, 11) is -4.36. The average molecular weight is 409 g/mol. The van der Waals surface area contributed by atoms with Gasteiger partial charge in [0.25, 0.3) is 10.0 Å². The summed E-state index contributed by atoms with van der Waals surface area (Å²) in [4.78, 5) is 6.32. The first-order valence-corrected chi connectivity index (χ1v) is 9.16. The quantitative estimate of drug-likeness (QED) is 0.633. The summed E-state index contributed by atoms with van der Waals surface area (Å²) >= 11 is 1.28. The van der Waals surface area contributed by atoms with Crippen LogP contribution in [0.1, 0.15) is 5.56 Å². The van der Waals surface area contributed by atoms with E-state index < -0.39 is 39.1 Å². The number of rotatable bonds is 4. The molecular formula is C14H8F5N3O2S2. The Morgan fingerprint density at radius 2 is 1.85 bits per heavy atom. The highest BCUT2D eigenvalue weighted by molar-refractivity contribution is 7.92. The van der Waals surface area contributed by atoms with Crippen molar-refractivity contribution in [3.63, 3.8) is 0 Å². The van der Waals surface area contributed by atoms with Crippen molar-refractivity contribution >= 4 is 27.0 Å². The number of alkyl halides is 3. The number of thiazole rings is 1. The second-order valence-electron chi connectivity index (χ2n) is 5.04. The lowest BCUT2D eigenvalue weighted by Crippen LogP contribution is -2.15. The minimum atomic E-state index is -5.11. The Morgan fingerprint density at radius 1 is 1.12 bits per heavy atom. The Hall–Kier alpha value is -2.47. The molecule has 5 nitrogen and oxygen atoms in total. The van der Waals surface area contributed by atoms with E-state index in [9.17, 15) is 30.4 Å². The van der Waals surface area contributed by atoms with Crippen molar-refractivity contribution in [3.8, 4) is 11.4 Å². The van der Waals surface area contributed by atoms with Crippen LogP contribution < -0.4 is 4.72 Å². The number of hydrogen-bond acceptors (Lipinski definition) is 4. The molecule has 26 heavy (non-hydrogen) atoms. The van der Waals surface area contributed by atoms with E-state index in [4.69, 9.17) is 0 Å². The van der Waals surface area contributed by atoms with Crippen molar-refractivity contribution in [2.24, 2.45) is 0 Å². The van der Waals surface area contributed by atoms with E-state index in [2.05, 4.69) is 9.97 Å². The molecule has 1 aromatic carbocycles. The molecule has 2 heterocycles. The van der Waals surface area contributed by atoms with Crippen molar-refractivity contribution in [1.29, 1.82) is 0 Å². The second-order valence-corrected chi connectivity index (χ2v) is 7.44. The molecule has 0 saturated carbocycles. The van der Waals surface area contributed by atoms with Gasteiger partial charge in [0.15, 0.2) is 0 Å². The average Bonchev–Trinajstić information content (AvgIpc) is 3.19. The van der Waals surface area contributed by atoms with Gasteiger partial charge < -0.3 is 4.98 Å². The Kier molecular flexibility index (Phi) is 4.48. The van der Waals surface area contributed by atoms with Crippen LogP contribution >= 0.6 is 11.3 Å². The van der Waals surface area contributed by atoms with Gasteiger partial charge in [-0.3, -0.25) is 4.72 Å². The molecule has 12 heteroatoms. The zero-order valence-corrected chi connectivity index (χ0v) is 14.1. The highest BCUT2D eigenvalue weighted by atomic mass is 32.2. The third-order valence-corrected chi connectivity index (χ3v) is 5.21. The first-order valence-electron chi connectivity index (χ1n) is 6.74. The fourth-order valence-corrected chi connectivity index (χ4v) is 3.67. The summed E-state index contributed by atoms with van der Waals surface area (Å²) in [5.41, 5.74) is -0.394. The summed E-state index contributed by atoms with van der Waals surface area (Å²) in [5.74, 6) is -3.36. The van der Waals surface area contributed by atoms with Gasteiger partial charge in [0.2, 0.25) is 0 Å². The number of aromatic amines is 1. The van der Waals surface area contributed by atoms with Crippen LogP contribution in [0.2, 0.25) is 0 Å². The van der Waals surface area contributed by atoms with Gasteiger partial charge in [0.05, 0.1) is 28.1 Å². The van der Waals surface area contributed by atoms with Crippen molar-refractivity contribution in [2.45, 2.75) is 11.1 Å². The van der Waals surface area contributed by atoms with E-state index in [1.807, 2.05) is 0 Å². The number of nitrogens with zero attached hydrogens (tertiary/aromatic N) is 1. The molecule has 0 fully saturated rings. The SMILES string of the molecule is O=S(=O)(Nc1cc(F)c(C(F)(F)F)cc1F)c1c[nH]c(-c2cscn2)c1. The molecule has 3 aromatic rings. The van der Waals surface area contributed by atoms with Crippen LogP contribution in [0, 0.1) is 11.6 Å². The van der Waals surface area contributed by atoms with E-state index in [1.54, 1.807) is 10.1 Å². The lowest BCUT2D eigenvalue weighted by Gasteiger charge is -2.12. The van der Waals surface area contributed by atoms with Gasteiger partial charge >= 0.3 is 6.18 Å². The molecule has 0 aliphatic rings. The van der Waals surface area contributed by atoms with Gasteiger partial charge in [-0.1, -0.05) is 0 Å². The van der Waals surface area contributed by atoms with Gasteiger partial charge in [-0.25, -0.2) is 22.2 Å². The zero-order chi connectivity index (χ0) is 19.1. The molecule has 0 atom stereocenters. The number of benzene rings is 1. The lowest BCUT2D eigenvalue weighted by molar-refractivity contribution is -0.140. The monoisotopic (exact) mass is 409 g/mol. The minimum absolute atomic E-state index is 0.106. The first-order chi connectivity index (χ1) is 12.1. The molecule has 0 aliphatic heterocycles. The Labute approximate surface area is 147 Å². The number of aromatic nitrogens is 2. The standard InChI is InChI=1S/C14H8F5N3O2S2/c15-9-3-11(10(16)2-8(9)14(17,18)19)22-26(23,24)7-1-12(20-4-7)13-5-25-6-21-13/h1-6,20,22H. The van der Waals surface area contributed by atoms with Crippen LogP contribution in [-0.4, -0.2) is 18.4 Å². The maximum absolute atomic E-state index is 13.8. The second kappa shape index (κ2) is 6.36. The van der Waals surface area contributed by atoms with Gasteiger partial charge in [-0.2, -0.15) is 13.2 Å². The Balaban J connectivity index is 1.92. The van der Waals surface area contributed by atoms with E-state index in [-0.39, 0.29) is 17.0 Å². The largest absolute Gasteiger partial charge is 0.419 e. The summed E-state index contributed by atoms with van der Waals surface area (Å²) in [6.07, 6.45) is -4.01. The number of anilines is 1. The van der Waals surface area contributed by atoms with Crippen LogP contribution in [0.3, 0.4) is 0 Å². The molecule has 3 rings (SSSR count). The first kappa shape index (κ1) is 18.3. The molecular weight excluding hydrogens is 401 g/mol. The van der Waals surface area contributed by atoms with Gasteiger partial charge in [-0.15, -0.1) is 11.3 Å². The highest BCUT2D eigenvalue weighted by Gasteiger charge is 2.35. The fourth-order valence-electron chi connectivity index (χ4n) is 2.07. The molecule has 2 aromatic heterocycles. The normalized spacial score (nSPS) is 12.3. The maximum atomic E-state index is 13.8. The number of halogens is 5. The maximum Gasteiger partial charge on any atom is 0.419 e. The molecule has 0 spiro atoms. The topological polar surface area (TPSA) is 74.8 Å². The Morgan fingerprint density at radius 3 is 2.46 bits per heavy atom. The number of sulfonamides is 1. The minimum Gasteiger partial charge on any atom is -0.359 e. The van der Waals surface area contributed by atoms with E-state index in [0.717, 1.165) is 6.20 Å². The number of nitrogens with one attached hydrogen (secondary N) is 2. The van der Waals surface area contributed by atoms with E-state index in [0.29, 0.717) is 11.4 Å². The van der Waals surface area contributed by atoms with Crippen molar-refractivity contribution in [1.82, 2.24) is 9.97 Å². The summed E-state index contributed by atoms with van der Waals surface area (Å²) in [6, 6.07) is 1.24. The van der Waals surface area contributed by atoms with Crippen LogP contribution in [0.4, 0.5) is 27.6 Å². The predicted octanol–water partition coefficient (Wildman–Crippen LogP) is 4.24. The third kappa shape index (κ3) is 3.55. The Bertz CT molecular complexity index is 1040. The van der Waals surface area contributed by atoms with Gasteiger partial charge in [0.1, 0.15) is 16.5 Å². The predicted molar refractivity (Wildman–Crippen MR) is 84.1 cm³/mol. The molecule has 0 aliphatic carbocycles. The van der Waals surface area contributed by atoms with E-state index >= 15 is 0 Å². The molecule has 0 amide bonds. The summed E-state index contributed by atoms with van der Waals surface area (Å²) in [6.45, 7) is 0. The van der Waals surface area contributed by atoms with E-state index in [1.165, 1.54) is 22.9 Å². The summed E-state index contributed by atoms with van der Waals surface area (Å²) < 4.78 is 91.3. The highest BCUT2D eigenvalue weighted by Crippen LogP contribution is 2.34. The van der Waals surface area contributed by atoms with Crippen molar-refractivity contribution in [2.75, 3.05) is 4.72 Å². The van der Waals surface area contributed by atoms with Crippen molar-refractivity contribution in [3.05, 3.63) is 52.5 Å².